The van der Waals surface area contributed by atoms with E-state index in [-0.39, 0.29) is 11.9 Å². The third-order valence-corrected chi connectivity index (χ3v) is 3.73. The maximum Gasteiger partial charge on any atom is 0.433 e. The van der Waals surface area contributed by atoms with Crippen molar-refractivity contribution in [3.8, 4) is 0 Å². The predicted molar refractivity (Wildman–Crippen MR) is 69.9 cm³/mol. The Hall–Kier alpha value is -1.66. The van der Waals surface area contributed by atoms with Gasteiger partial charge in [0.05, 0.1) is 6.07 Å². The summed E-state index contributed by atoms with van der Waals surface area (Å²) in [6.45, 7) is 4.78. The normalized spacial score (nSPS) is 12.6. The molecule has 0 aliphatic heterocycles. The summed E-state index contributed by atoms with van der Waals surface area (Å²) >= 11 is 1.62. The molecule has 2 aromatic rings. The van der Waals surface area contributed by atoms with Crippen molar-refractivity contribution < 1.29 is 9.34 Å². The minimum Gasteiger partial charge on any atom is -0.404 e. The zero-order valence-corrected chi connectivity index (χ0v) is 11.0. The van der Waals surface area contributed by atoms with Crippen LogP contribution in [0.15, 0.2) is 28.0 Å². The Morgan fingerprint density at radius 2 is 2.28 bits per heavy atom. The number of furan rings is 1. The average Bonchev–Trinajstić information content (AvgIpc) is 2.95. The minimum absolute atomic E-state index is 0.122. The van der Waals surface area contributed by atoms with Gasteiger partial charge >= 0.3 is 5.88 Å². The number of nitrogens with zero attached hydrogens (tertiary/aromatic N) is 1. The third-order valence-electron chi connectivity index (χ3n) is 2.65. The van der Waals surface area contributed by atoms with Gasteiger partial charge in [0.25, 0.3) is 0 Å². The van der Waals surface area contributed by atoms with Gasteiger partial charge in [0.1, 0.15) is 16.7 Å². The molecule has 0 aliphatic rings. The zero-order valence-electron chi connectivity index (χ0n) is 10.2. The third kappa shape index (κ3) is 2.44. The fourth-order valence-electron chi connectivity index (χ4n) is 1.80. The van der Waals surface area contributed by atoms with Crippen LogP contribution in [-0.2, 0) is 0 Å². The van der Waals surface area contributed by atoms with Gasteiger partial charge in [0.15, 0.2) is 0 Å². The summed E-state index contributed by atoms with van der Waals surface area (Å²) in [5, 5.41) is 15.9. The van der Waals surface area contributed by atoms with Crippen LogP contribution in [0.2, 0.25) is 0 Å². The van der Waals surface area contributed by atoms with E-state index in [4.69, 9.17) is 4.42 Å². The van der Waals surface area contributed by atoms with Gasteiger partial charge in [-0.1, -0.05) is 6.92 Å². The topological polar surface area (TPSA) is 68.3 Å². The first-order valence-corrected chi connectivity index (χ1v) is 6.53. The van der Waals surface area contributed by atoms with Crippen LogP contribution in [0.5, 0.6) is 0 Å². The lowest BCUT2D eigenvalue weighted by molar-refractivity contribution is -0.402. The van der Waals surface area contributed by atoms with Gasteiger partial charge in [-0.05, 0) is 36.5 Å². The highest BCUT2D eigenvalue weighted by molar-refractivity contribution is 7.10. The molecule has 0 aliphatic carbocycles. The minimum atomic E-state index is -0.520. The first-order valence-electron chi connectivity index (χ1n) is 5.65. The molecule has 0 aromatic carbocycles. The van der Waals surface area contributed by atoms with Crippen LogP contribution in [0, 0.1) is 17.0 Å². The molecule has 2 aromatic heterocycles. The number of hydrogen-bond donors (Lipinski definition) is 1. The molecule has 6 heteroatoms. The lowest BCUT2D eigenvalue weighted by Gasteiger charge is -2.14. The van der Waals surface area contributed by atoms with Gasteiger partial charge in [0, 0.05) is 4.88 Å². The fourth-order valence-corrected chi connectivity index (χ4v) is 2.81. The van der Waals surface area contributed by atoms with E-state index in [0.717, 1.165) is 17.0 Å². The highest BCUT2D eigenvalue weighted by atomic mass is 32.1. The molecule has 2 rings (SSSR count). The standard InChI is InChI=1S/C12H14N2O3S/c1-3-13-11(12-8(2)6-7-18-12)9-4-5-10(17-9)14(15)16/h4-7,11,13H,3H2,1-2H3. The van der Waals surface area contributed by atoms with Gasteiger partial charge < -0.3 is 9.73 Å². The number of rotatable bonds is 5. The molecule has 0 bridgehead atoms. The van der Waals surface area contributed by atoms with Crippen LogP contribution in [0.4, 0.5) is 5.88 Å². The Labute approximate surface area is 109 Å². The van der Waals surface area contributed by atoms with Gasteiger partial charge in [-0.2, -0.15) is 0 Å². The first kappa shape index (κ1) is 12.8. The van der Waals surface area contributed by atoms with Crippen molar-refractivity contribution in [2.45, 2.75) is 19.9 Å². The van der Waals surface area contributed by atoms with E-state index in [1.807, 2.05) is 25.3 Å². The van der Waals surface area contributed by atoms with Crippen LogP contribution in [0.1, 0.15) is 29.2 Å². The smallest absolute Gasteiger partial charge is 0.404 e. The van der Waals surface area contributed by atoms with Crippen LogP contribution in [0.25, 0.3) is 0 Å². The van der Waals surface area contributed by atoms with Crippen molar-refractivity contribution in [3.63, 3.8) is 0 Å². The molecule has 0 radical (unpaired) electrons. The summed E-state index contributed by atoms with van der Waals surface area (Å²) in [6, 6.07) is 4.96. The molecule has 1 N–H and O–H groups in total. The largest absolute Gasteiger partial charge is 0.433 e. The van der Waals surface area contributed by atoms with E-state index in [9.17, 15) is 10.1 Å². The van der Waals surface area contributed by atoms with Crippen molar-refractivity contribution in [1.82, 2.24) is 5.32 Å². The van der Waals surface area contributed by atoms with E-state index in [1.54, 1.807) is 17.4 Å². The molecular formula is C12H14N2O3S. The van der Waals surface area contributed by atoms with Crippen molar-refractivity contribution in [3.05, 3.63) is 49.9 Å². The SMILES string of the molecule is CCNC(c1ccc([N+](=O)[O-])o1)c1sccc1C. The van der Waals surface area contributed by atoms with Gasteiger partial charge in [-0.25, -0.2) is 0 Å². The van der Waals surface area contributed by atoms with Crippen molar-refractivity contribution in [1.29, 1.82) is 0 Å². The molecule has 5 nitrogen and oxygen atoms in total. The Bertz CT molecular complexity index is 547. The maximum atomic E-state index is 10.6. The van der Waals surface area contributed by atoms with Crippen LogP contribution < -0.4 is 5.32 Å². The van der Waals surface area contributed by atoms with E-state index in [1.165, 1.54) is 6.07 Å². The van der Waals surface area contributed by atoms with E-state index < -0.39 is 4.92 Å². The fraction of sp³-hybridized carbons (Fsp3) is 0.333. The lowest BCUT2D eigenvalue weighted by Crippen LogP contribution is -2.21. The molecule has 0 saturated carbocycles. The van der Waals surface area contributed by atoms with Crippen molar-refractivity contribution in [2.24, 2.45) is 0 Å². The molecule has 18 heavy (non-hydrogen) atoms. The molecule has 1 unspecified atom stereocenters. The van der Waals surface area contributed by atoms with Gasteiger partial charge in [0.2, 0.25) is 0 Å². The van der Waals surface area contributed by atoms with E-state index >= 15 is 0 Å². The zero-order chi connectivity index (χ0) is 13.1. The second kappa shape index (κ2) is 5.32. The Kier molecular flexibility index (Phi) is 3.78. The summed E-state index contributed by atoms with van der Waals surface area (Å²) in [5.41, 5.74) is 1.16. The summed E-state index contributed by atoms with van der Waals surface area (Å²) in [5.74, 6) is 0.358. The summed E-state index contributed by atoms with van der Waals surface area (Å²) in [6.07, 6.45) is 0. The number of aryl methyl sites for hydroxylation is 1. The van der Waals surface area contributed by atoms with Crippen molar-refractivity contribution >= 4 is 17.2 Å². The predicted octanol–water partition coefficient (Wildman–Crippen LogP) is 3.26. The van der Waals surface area contributed by atoms with Gasteiger partial charge in [-0.3, -0.25) is 10.1 Å². The number of thiophene rings is 1. The summed E-state index contributed by atoms with van der Waals surface area (Å²) in [7, 11) is 0. The molecule has 0 spiro atoms. The Morgan fingerprint density at radius 3 is 2.78 bits per heavy atom. The van der Waals surface area contributed by atoms with Crippen molar-refractivity contribution in [2.75, 3.05) is 6.54 Å². The number of nitro groups is 1. The molecule has 0 saturated heterocycles. The lowest BCUT2D eigenvalue weighted by atomic mass is 10.1. The molecule has 2 heterocycles. The molecule has 1 atom stereocenters. The molecule has 0 amide bonds. The average molecular weight is 266 g/mol. The monoisotopic (exact) mass is 266 g/mol. The van der Waals surface area contributed by atoms with Crippen LogP contribution >= 0.6 is 11.3 Å². The summed E-state index contributed by atoms with van der Waals surface area (Å²) in [4.78, 5) is 11.2. The number of hydrogen-bond acceptors (Lipinski definition) is 5. The van der Waals surface area contributed by atoms with Crippen LogP contribution in [0.3, 0.4) is 0 Å². The molecular weight excluding hydrogens is 252 g/mol. The molecule has 0 fully saturated rings. The molecule has 96 valence electrons. The van der Waals surface area contributed by atoms with E-state index in [2.05, 4.69) is 5.32 Å². The quantitative estimate of drug-likeness (QED) is 0.666. The Morgan fingerprint density at radius 1 is 1.50 bits per heavy atom. The number of nitrogens with one attached hydrogen (secondary N) is 1. The van der Waals surface area contributed by atoms with E-state index in [0.29, 0.717) is 5.76 Å². The highest BCUT2D eigenvalue weighted by Gasteiger charge is 2.22. The second-order valence-corrected chi connectivity index (χ2v) is 4.84. The second-order valence-electron chi connectivity index (χ2n) is 3.89. The first-order chi connectivity index (χ1) is 8.63. The summed E-state index contributed by atoms with van der Waals surface area (Å²) < 4.78 is 5.28. The maximum absolute atomic E-state index is 10.6. The van der Waals surface area contributed by atoms with Gasteiger partial charge in [-0.15, -0.1) is 11.3 Å². The highest BCUT2D eigenvalue weighted by Crippen LogP contribution is 2.31. The Balaban J connectivity index is 2.35. The van der Waals surface area contributed by atoms with Crippen LogP contribution in [-0.4, -0.2) is 11.5 Å².